The molecule has 1 atom stereocenters. The number of benzene rings is 2. The fourth-order valence-corrected chi connectivity index (χ4v) is 3.11. The topological polar surface area (TPSA) is 41.9 Å². The van der Waals surface area contributed by atoms with Gasteiger partial charge in [0.15, 0.2) is 6.10 Å². The molecule has 3 rings (SSSR count). The van der Waals surface area contributed by atoms with E-state index in [1.165, 1.54) is 0 Å². The summed E-state index contributed by atoms with van der Waals surface area (Å²) in [5, 5.41) is 4.25. The van der Waals surface area contributed by atoms with Crippen molar-refractivity contribution in [1.29, 1.82) is 0 Å². The SMILES string of the molecule is CC(C)CC(=O)N(Cc1ccccc1)C[C@@H]1CC(c2ccccc2)=NO1. The van der Waals surface area contributed by atoms with Crippen molar-refractivity contribution in [3.8, 4) is 0 Å². The lowest BCUT2D eigenvalue weighted by atomic mass is 10.0. The number of rotatable bonds is 7. The highest BCUT2D eigenvalue weighted by Gasteiger charge is 2.27. The monoisotopic (exact) mass is 350 g/mol. The second kappa shape index (κ2) is 8.65. The molecule has 0 fully saturated rings. The molecule has 1 aliphatic heterocycles. The first-order valence-electron chi connectivity index (χ1n) is 9.21. The van der Waals surface area contributed by atoms with Gasteiger partial charge in [0.1, 0.15) is 0 Å². The minimum Gasteiger partial charge on any atom is -0.390 e. The predicted octanol–water partition coefficient (Wildman–Crippen LogP) is 4.25. The maximum atomic E-state index is 12.7. The first-order chi connectivity index (χ1) is 12.6. The van der Waals surface area contributed by atoms with E-state index in [1.54, 1.807) is 0 Å². The second-order valence-corrected chi connectivity index (χ2v) is 7.19. The molecular formula is C22H26N2O2. The number of nitrogens with zero attached hydrogens (tertiary/aromatic N) is 2. The molecular weight excluding hydrogens is 324 g/mol. The van der Waals surface area contributed by atoms with Crippen LogP contribution in [0, 0.1) is 5.92 Å². The van der Waals surface area contributed by atoms with E-state index in [1.807, 2.05) is 53.4 Å². The first-order valence-corrected chi connectivity index (χ1v) is 9.21. The summed E-state index contributed by atoms with van der Waals surface area (Å²) in [7, 11) is 0. The smallest absolute Gasteiger partial charge is 0.223 e. The number of carbonyl (C=O) groups excluding carboxylic acids is 1. The minimum absolute atomic E-state index is 0.0926. The van der Waals surface area contributed by atoms with Crippen molar-refractivity contribution in [2.45, 2.75) is 39.3 Å². The largest absolute Gasteiger partial charge is 0.390 e. The van der Waals surface area contributed by atoms with Crippen LogP contribution in [-0.4, -0.2) is 29.2 Å². The van der Waals surface area contributed by atoms with Gasteiger partial charge in [0.25, 0.3) is 0 Å². The standard InChI is InChI=1S/C22H26N2O2/c1-17(2)13-22(25)24(15-18-9-5-3-6-10-18)16-20-14-21(23-26-20)19-11-7-4-8-12-19/h3-12,17,20H,13-16H2,1-2H3/t20-/m0/s1. The molecule has 1 aliphatic rings. The highest BCUT2D eigenvalue weighted by molar-refractivity contribution is 6.01. The Labute approximate surface area is 155 Å². The molecule has 0 N–H and O–H groups in total. The molecule has 0 saturated heterocycles. The average Bonchev–Trinajstić information content (AvgIpc) is 3.11. The molecule has 0 aromatic heterocycles. The van der Waals surface area contributed by atoms with E-state index in [2.05, 4.69) is 31.1 Å². The number of hydrogen-bond donors (Lipinski definition) is 0. The fourth-order valence-electron chi connectivity index (χ4n) is 3.11. The van der Waals surface area contributed by atoms with Crippen LogP contribution in [0.3, 0.4) is 0 Å². The molecule has 0 saturated carbocycles. The van der Waals surface area contributed by atoms with E-state index in [-0.39, 0.29) is 12.0 Å². The van der Waals surface area contributed by atoms with E-state index >= 15 is 0 Å². The molecule has 4 heteroatoms. The second-order valence-electron chi connectivity index (χ2n) is 7.19. The zero-order chi connectivity index (χ0) is 18.4. The lowest BCUT2D eigenvalue weighted by Gasteiger charge is -2.26. The quantitative estimate of drug-likeness (QED) is 0.749. The van der Waals surface area contributed by atoms with Crippen LogP contribution < -0.4 is 0 Å². The van der Waals surface area contributed by atoms with Gasteiger partial charge in [-0.1, -0.05) is 79.7 Å². The fraction of sp³-hybridized carbons (Fsp3) is 0.364. The zero-order valence-corrected chi connectivity index (χ0v) is 15.5. The lowest BCUT2D eigenvalue weighted by Crippen LogP contribution is -2.37. The van der Waals surface area contributed by atoms with Crippen molar-refractivity contribution < 1.29 is 9.63 Å². The highest BCUT2D eigenvalue weighted by atomic mass is 16.6. The maximum absolute atomic E-state index is 12.7. The van der Waals surface area contributed by atoms with Gasteiger partial charge in [-0.05, 0) is 17.0 Å². The Morgan fingerprint density at radius 1 is 1.12 bits per heavy atom. The summed E-state index contributed by atoms with van der Waals surface area (Å²) in [6, 6.07) is 20.2. The van der Waals surface area contributed by atoms with Gasteiger partial charge in [-0.2, -0.15) is 0 Å². The average molecular weight is 350 g/mol. The zero-order valence-electron chi connectivity index (χ0n) is 15.5. The van der Waals surface area contributed by atoms with Crippen molar-refractivity contribution in [2.24, 2.45) is 11.1 Å². The van der Waals surface area contributed by atoms with E-state index in [9.17, 15) is 4.79 Å². The van der Waals surface area contributed by atoms with Gasteiger partial charge in [-0.3, -0.25) is 4.79 Å². The summed E-state index contributed by atoms with van der Waals surface area (Å²) in [4.78, 5) is 20.3. The van der Waals surface area contributed by atoms with Gasteiger partial charge in [0, 0.05) is 19.4 Å². The number of amides is 1. The molecule has 2 aromatic rings. The van der Waals surface area contributed by atoms with Crippen LogP contribution in [0.4, 0.5) is 0 Å². The Morgan fingerprint density at radius 3 is 2.42 bits per heavy atom. The Kier molecular flexibility index (Phi) is 6.05. The molecule has 26 heavy (non-hydrogen) atoms. The lowest BCUT2D eigenvalue weighted by molar-refractivity contribution is -0.134. The molecule has 4 nitrogen and oxygen atoms in total. The molecule has 0 aliphatic carbocycles. The molecule has 0 unspecified atom stereocenters. The predicted molar refractivity (Wildman–Crippen MR) is 104 cm³/mol. The summed E-state index contributed by atoms with van der Waals surface area (Å²) < 4.78 is 0. The molecule has 2 aromatic carbocycles. The van der Waals surface area contributed by atoms with Gasteiger partial charge >= 0.3 is 0 Å². The van der Waals surface area contributed by atoms with Crippen molar-refractivity contribution in [3.05, 3.63) is 71.8 Å². The summed E-state index contributed by atoms with van der Waals surface area (Å²) >= 11 is 0. The molecule has 1 heterocycles. The van der Waals surface area contributed by atoms with E-state index in [0.717, 1.165) is 23.3 Å². The van der Waals surface area contributed by atoms with E-state index < -0.39 is 0 Å². The van der Waals surface area contributed by atoms with Crippen molar-refractivity contribution in [1.82, 2.24) is 4.90 Å². The third-order valence-electron chi connectivity index (χ3n) is 4.42. The molecule has 0 bridgehead atoms. The van der Waals surface area contributed by atoms with Gasteiger partial charge in [-0.25, -0.2) is 0 Å². The van der Waals surface area contributed by atoms with Gasteiger partial charge in [0.2, 0.25) is 5.91 Å². The van der Waals surface area contributed by atoms with Crippen LogP contribution in [0.1, 0.15) is 37.8 Å². The van der Waals surface area contributed by atoms with E-state index in [0.29, 0.717) is 25.4 Å². The van der Waals surface area contributed by atoms with Gasteiger partial charge < -0.3 is 9.74 Å². The van der Waals surface area contributed by atoms with Gasteiger partial charge in [0.05, 0.1) is 12.3 Å². The third-order valence-corrected chi connectivity index (χ3v) is 4.42. The van der Waals surface area contributed by atoms with Crippen LogP contribution in [0.25, 0.3) is 0 Å². The maximum Gasteiger partial charge on any atom is 0.223 e. The molecule has 136 valence electrons. The molecule has 0 radical (unpaired) electrons. The van der Waals surface area contributed by atoms with Crippen LogP contribution in [0.5, 0.6) is 0 Å². The van der Waals surface area contributed by atoms with Crippen LogP contribution in [0.2, 0.25) is 0 Å². The Morgan fingerprint density at radius 2 is 1.77 bits per heavy atom. The van der Waals surface area contributed by atoms with Crippen molar-refractivity contribution in [3.63, 3.8) is 0 Å². The van der Waals surface area contributed by atoms with Gasteiger partial charge in [-0.15, -0.1) is 0 Å². The summed E-state index contributed by atoms with van der Waals surface area (Å²) in [5.74, 6) is 0.502. The Bertz CT molecular complexity index is 741. The molecule has 1 amide bonds. The Balaban J connectivity index is 1.65. The van der Waals surface area contributed by atoms with Crippen molar-refractivity contribution >= 4 is 11.6 Å². The summed E-state index contributed by atoms with van der Waals surface area (Å²) in [6.45, 7) is 5.30. The normalized spacial score (nSPS) is 16.3. The number of oxime groups is 1. The third kappa shape index (κ3) is 4.94. The van der Waals surface area contributed by atoms with Crippen LogP contribution in [0.15, 0.2) is 65.8 Å². The van der Waals surface area contributed by atoms with Crippen LogP contribution in [-0.2, 0) is 16.2 Å². The molecule has 0 spiro atoms. The Hall–Kier alpha value is -2.62. The highest BCUT2D eigenvalue weighted by Crippen LogP contribution is 2.19. The number of carbonyl (C=O) groups is 1. The van der Waals surface area contributed by atoms with Crippen molar-refractivity contribution in [2.75, 3.05) is 6.54 Å². The number of hydrogen-bond acceptors (Lipinski definition) is 3. The van der Waals surface area contributed by atoms with Crippen LogP contribution >= 0.6 is 0 Å². The summed E-state index contributed by atoms with van der Waals surface area (Å²) in [6.07, 6.45) is 1.18. The minimum atomic E-state index is -0.0926. The summed E-state index contributed by atoms with van der Waals surface area (Å²) in [5.41, 5.74) is 3.16. The van der Waals surface area contributed by atoms with E-state index in [4.69, 9.17) is 4.84 Å². The first kappa shape index (κ1) is 18.2.